The topological polar surface area (TPSA) is 35.5 Å². The summed E-state index contributed by atoms with van der Waals surface area (Å²) in [5, 5.41) is 0. The first-order chi connectivity index (χ1) is 4.68. The molecule has 3 nitrogen and oxygen atoms in total. The summed E-state index contributed by atoms with van der Waals surface area (Å²) in [6, 6.07) is 0. The van der Waals surface area contributed by atoms with Crippen molar-refractivity contribution >= 4 is 7.60 Å². The molecule has 0 saturated carbocycles. The summed E-state index contributed by atoms with van der Waals surface area (Å²) in [7, 11) is -3.49. The van der Waals surface area contributed by atoms with E-state index in [0.717, 1.165) is 0 Å². The number of hydrogen-bond donors (Lipinski definition) is 0. The Balaban J connectivity index is 0. The molecule has 0 aromatic carbocycles. The normalized spacial score (nSPS) is 10.8. The molecule has 0 saturated heterocycles. The molecule has 0 amide bonds. The average Bonchev–Trinajstić information content (AvgIpc) is 1.89. The number of halogens is 1. The van der Waals surface area contributed by atoms with Crippen molar-refractivity contribution in [1.29, 1.82) is 0 Å². The van der Waals surface area contributed by atoms with Crippen molar-refractivity contribution in [3.8, 4) is 0 Å². The van der Waals surface area contributed by atoms with Crippen LogP contribution in [0.1, 0.15) is 13.8 Å². The van der Waals surface area contributed by atoms with Gasteiger partial charge in [-0.05, 0) is 13.8 Å². The minimum absolute atomic E-state index is 0. The van der Waals surface area contributed by atoms with Gasteiger partial charge in [0.2, 0.25) is 7.60 Å². The molecule has 0 atom stereocenters. The summed E-state index contributed by atoms with van der Waals surface area (Å²) < 4.78 is 31.7. The Hall–Kier alpha value is 0.599. The van der Waals surface area contributed by atoms with Crippen LogP contribution in [0.4, 0.5) is 4.39 Å². The number of rotatable bonds is 5. The van der Waals surface area contributed by atoms with Crippen molar-refractivity contribution in [1.82, 2.24) is 0 Å². The van der Waals surface area contributed by atoms with Crippen molar-refractivity contribution in [2.45, 2.75) is 13.8 Å². The van der Waals surface area contributed by atoms with Crippen LogP contribution in [-0.2, 0) is 30.7 Å². The van der Waals surface area contributed by atoms with Gasteiger partial charge in [0.15, 0.2) is 0 Å². The fourth-order valence-corrected chi connectivity index (χ4v) is 1.36. The SMILES string of the molecule is CCOP(=O)([CH-]F)OCC.[Cu+]. The predicted molar refractivity (Wildman–Crippen MR) is 36.3 cm³/mol. The van der Waals surface area contributed by atoms with E-state index in [1.165, 1.54) is 0 Å². The Bertz CT molecular complexity index is 123. The second-order valence-electron chi connectivity index (χ2n) is 1.47. The standard InChI is InChI=1S/C5H11FO3P.Cu/c1-3-8-10(7,5-6)9-4-2;/h5H,3-4H2,1-2H3;/q-1;+1. The van der Waals surface area contributed by atoms with Crippen LogP contribution in [0.2, 0.25) is 0 Å². The molecule has 0 spiro atoms. The van der Waals surface area contributed by atoms with Crippen molar-refractivity contribution in [2.75, 3.05) is 13.2 Å². The Labute approximate surface area is 76.7 Å². The van der Waals surface area contributed by atoms with Gasteiger partial charge in [0.05, 0.1) is 13.2 Å². The fourth-order valence-electron chi connectivity index (χ4n) is 0.454. The number of hydrogen-bond acceptors (Lipinski definition) is 3. The Kier molecular flexibility index (Phi) is 9.33. The van der Waals surface area contributed by atoms with Gasteiger partial charge < -0.3 is 13.4 Å². The smallest absolute Gasteiger partial charge is 0.447 e. The third kappa shape index (κ3) is 5.83. The van der Waals surface area contributed by atoms with Gasteiger partial charge in [-0.3, -0.25) is 4.57 Å². The molecular weight excluding hydrogens is 222 g/mol. The van der Waals surface area contributed by atoms with Crippen molar-refractivity contribution < 1.29 is 35.1 Å². The van der Waals surface area contributed by atoms with Crippen LogP contribution in [0, 0.1) is 6.42 Å². The molecule has 0 bridgehead atoms. The van der Waals surface area contributed by atoms with Gasteiger partial charge in [0, 0.05) is 0 Å². The Morgan fingerprint density at radius 1 is 1.36 bits per heavy atom. The molecule has 0 aromatic heterocycles. The average molecular weight is 233 g/mol. The molecule has 6 heteroatoms. The molecule has 11 heavy (non-hydrogen) atoms. The van der Waals surface area contributed by atoms with E-state index in [4.69, 9.17) is 0 Å². The van der Waals surface area contributed by atoms with Crippen LogP contribution in [0.5, 0.6) is 0 Å². The maximum absolute atomic E-state index is 11.8. The van der Waals surface area contributed by atoms with Gasteiger partial charge in [-0.2, -0.15) is 0 Å². The van der Waals surface area contributed by atoms with Gasteiger partial charge in [0.1, 0.15) is 0 Å². The summed E-state index contributed by atoms with van der Waals surface area (Å²) in [6.45, 7) is 3.60. The molecule has 0 N–H and O–H groups in total. The van der Waals surface area contributed by atoms with E-state index in [-0.39, 0.29) is 36.7 Å². The molecule has 0 aliphatic heterocycles. The molecule has 0 heterocycles. The molecule has 0 aliphatic rings. The van der Waals surface area contributed by atoms with Crippen LogP contribution in [0.3, 0.4) is 0 Å². The molecule has 72 valence electrons. The first-order valence-electron chi connectivity index (χ1n) is 3.02. The Morgan fingerprint density at radius 3 is 1.91 bits per heavy atom. The van der Waals surface area contributed by atoms with Crippen LogP contribution in [-0.4, -0.2) is 13.2 Å². The van der Waals surface area contributed by atoms with E-state index < -0.39 is 7.60 Å². The van der Waals surface area contributed by atoms with Gasteiger partial charge in [-0.25, -0.2) is 0 Å². The van der Waals surface area contributed by atoms with E-state index >= 15 is 0 Å². The third-order valence-corrected chi connectivity index (χ3v) is 2.21. The quantitative estimate of drug-likeness (QED) is 0.415. The van der Waals surface area contributed by atoms with Crippen molar-refractivity contribution in [2.24, 2.45) is 0 Å². The van der Waals surface area contributed by atoms with E-state index in [0.29, 0.717) is 0 Å². The molecule has 0 unspecified atom stereocenters. The van der Waals surface area contributed by atoms with Crippen LogP contribution >= 0.6 is 7.60 Å². The largest absolute Gasteiger partial charge is 1.00 e. The third-order valence-electron chi connectivity index (χ3n) is 0.738. The van der Waals surface area contributed by atoms with E-state index in [1.807, 2.05) is 0 Å². The zero-order chi connectivity index (χ0) is 8.04. The summed E-state index contributed by atoms with van der Waals surface area (Å²) in [6.07, 6.45) is -0.0278. The van der Waals surface area contributed by atoms with E-state index in [9.17, 15) is 8.96 Å². The fraction of sp³-hybridized carbons (Fsp3) is 0.800. The maximum Gasteiger partial charge on any atom is 1.00 e. The summed E-state index contributed by atoms with van der Waals surface area (Å²) >= 11 is 0. The predicted octanol–water partition coefficient (Wildman–Crippen LogP) is 2.34. The monoisotopic (exact) mass is 232 g/mol. The van der Waals surface area contributed by atoms with E-state index in [2.05, 4.69) is 9.05 Å². The van der Waals surface area contributed by atoms with Gasteiger partial charge in [-0.1, -0.05) is 6.42 Å². The van der Waals surface area contributed by atoms with Crippen LogP contribution in [0.25, 0.3) is 0 Å². The van der Waals surface area contributed by atoms with Crippen molar-refractivity contribution in [3.63, 3.8) is 0 Å². The molecular formula is C5H11CuFO3P. The second kappa shape index (κ2) is 7.26. The first-order valence-corrected chi connectivity index (χ1v) is 4.63. The minimum atomic E-state index is -3.49. The molecule has 0 fully saturated rings. The van der Waals surface area contributed by atoms with Gasteiger partial charge in [-0.15, -0.1) is 0 Å². The molecule has 0 rings (SSSR count). The van der Waals surface area contributed by atoms with Gasteiger partial charge >= 0.3 is 17.1 Å². The summed E-state index contributed by atoms with van der Waals surface area (Å²) in [5.41, 5.74) is 0. The second-order valence-corrected chi connectivity index (χ2v) is 3.26. The summed E-state index contributed by atoms with van der Waals surface area (Å²) in [4.78, 5) is 0. The molecule has 0 aliphatic carbocycles. The molecule has 0 aromatic rings. The van der Waals surface area contributed by atoms with Crippen LogP contribution in [0.15, 0.2) is 0 Å². The Morgan fingerprint density at radius 2 is 1.73 bits per heavy atom. The molecule has 0 radical (unpaired) electrons. The minimum Gasteiger partial charge on any atom is -0.447 e. The maximum atomic E-state index is 11.8. The van der Waals surface area contributed by atoms with Crippen molar-refractivity contribution in [3.05, 3.63) is 6.42 Å². The first kappa shape index (κ1) is 14.1. The zero-order valence-corrected chi connectivity index (χ0v) is 8.18. The van der Waals surface area contributed by atoms with E-state index in [1.54, 1.807) is 13.8 Å². The van der Waals surface area contributed by atoms with Gasteiger partial charge in [0.25, 0.3) is 0 Å². The zero-order valence-electron chi connectivity index (χ0n) is 6.34. The summed E-state index contributed by atoms with van der Waals surface area (Å²) in [5.74, 6) is 0. The van der Waals surface area contributed by atoms with Crippen LogP contribution < -0.4 is 0 Å².